The second-order valence-corrected chi connectivity index (χ2v) is 18.3. The predicted octanol–water partition coefficient (Wildman–Crippen LogP) is 15.4. The Hall–Kier alpha value is -1.10. The number of unbranched alkanes of at least 4 members (excludes halogenated alkanes) is 28. The fourth-order valence-electron chi connectivity index (χ4n) is 9.03. The van der Waals surface area contributed by atoms with Gasteiger partial charge >= 0.3 is 11.9 Å². The summed E-state index contributed by atoms with van der Waals surface area (Å²) in [5.41, 5.74) is 0.337. The molecule has 0 amide bonds. The van der Waals surface area contributed by atoms with Crippen LogP contribution in [0.25, 0.3) is 0 Å². The average Bonchev–Trinajstić information content (AvgIpc) is 3.09. The Morgan fingerprint density at radius 3 is 1.09 bits per heavy atom. The van der Waals surface area contributed by atoms with E-state index in [4.69, 9.17) is 9.84 Å². The third-order valence-corrected chi connectivity index (χ3v) is 11.7. The van der Waals surface area contributed by atoms with E-state index in [0.717, 1.165) is 38.1 Å². The van der Waals surface area contributed by atoms with Crippen LogP contribution in [0.1, 0.15) is 267 Å². The molecular formula is C48H95NO4. The van der Waals surface area contributed by atoms with Crippen molar-refractivity contribution in [3.05, 3.63) is 0 Å². The van der Waals surface area contributed by atoms with Gasteiger partial charge in [-0.3, -0.25) is 14.5 Å². The molecule has 0 aromatic rings. The summed E-state index contributed by atoms with van der Waals surface area (Å²) in [6.45, 7) is 17.6. The minimum absolute atomic E-state index is 0.00863. The van der Waals surface area contributed by atoms with Crippen molar-refractivity contribution in [3.8, 4) is 0 Å². The van der Waals surface area contributed by atoms with Crippen LogP contribution >= 0.6 is 0 Å². The van der Waals surface area contributed by atoms with Crippen molar-refractivity contribution < 1.29 is 19.4 Å². The number of hydrogen-bond donors (Lipinski definition) is 1. The molecule has 316 valence electrons. The summed E-state index contributed by atoms with van der Waals surface area (Å²) in [7, 11) is 0. The van der Waals surface area contributed by atoms with E-state index in [-0.39, 0.29) is 17.0 Å². The number of carbonyl (C=O) groups is 2. The molecule has 0 bridgehead atoms. The first-order valence-electron chi connectivity index (χ1n) is 23.6. The number of piperidine rings is 1. The van der Waals surface area contributed by atoms with Crippen LogP contribution in [0.2, 0.25) is 0 Å². The van der Waals surface area contributed by atoms with Crippen LogP contribution < -0.4 is 0 Å². The van der Waals surface area contributed by atoms with Crippen LogP contribution in [0.15, 0.2) is 0 Å². The largest absolute Gasteiger partial charge is 0.481 e. The molecule has 1 N–H and O–H groups in total. The molecule has 1 rings (SSSR count). The topological polar surface area (TPSA) is 66.8 Å². The molecule has 1 saturated heterocycles. The number of ether oxygens (including phenoxy) is 1. The van der Waals surface area contributed by atoms with E-state index < -0.39 is 5.97 Å². The molecule has 0 atom stereocenters. The Labute approximate surface area is 332 Å². The number of carboxylic acid groups (broad SMARTS) is 1. The van der Waals surface area contributed by atoms with Gasteiger partial charge in [0.15, 0.2) is 0 Å². The summed E-state index contributed by atoms with van der Waals surface area (Å²) in [5.74, 6) is 0.0873. The summed E-state index contributed by atoms with van der Waals surface area (Å²) in [4.78, 5) is 25.0. The number of hydrogen-bond acceptors (Lipinski definition) is 4. The summed E-state index contributed by atoms with van der Waals surface area (Å²) >= 11 is 0. The minimum Gasteiger partial charge on any atom is -0.481 e. The fraction of sp³-hybridized carbons (Fsp3) is 0.958. The van der Waals surface area contributed by atoms with Gasteiger partial charge in [0.25, 0.3) is 0 Å². The fourth-order valence-corrected chi connectivity index (χ4v) is 9.03. The van der Waals surface area contributed by atoms with Crippen molar-refractivity contribution >= 4 is 11.9 Å². The first kappa shape index (κ1) is 51.9. The molecular weight excluding hydrogens is 655 g/mol. The molecule has 0 aromatic heterocycles. The van der Waals surface area contributed by atoms with Crippen LogP contribution in [0.4, 0.5) is 0 Å². The van der Waals surface area contributed by atoms with Crippen LogP contribution in [-0.4, -0.2) is 46.2 Å². The lowest BCUT2D eigenvalue weighted by atomic mass is 9.74. The van der Waals surface area contributed by atoms with Crippen LogP contribution in [0.5, 0.6) is 0 Å². The normalized spacial score (nSPS) is 15.6. The number of carboxylic acids is 1. The Morgan fingerprint density at radius 2 is 0.792 bits per heavy atom. The van der Waals surface area contributed by atoms with Crippen molar-refractivity contribution in [3.63, 3.8) is 0 Å². The molecule has 53 heavy (non-hydrogen) atoms. The number of esters is 1. The SMILES string of the molecule is CCCCCCCCCCCCCCCCCC(=O)O.CCCCCCCCCCCCCCCCCC(=O)OCCN1C(C)(C)CC(C)CC1(C)C. The maximum Gasteiger partial charge on any atom is 0.305 e. The standard InChI is InChI=1S/C30H59NO2.C18H36O2/c1-7-8-9-10-11-12-13-14-15-16-17-18-19-20-21-22-28(32)33-24-23-31-29(3,4)25-27(2)26-30(31,5)6;1-2-3-4-5-6-7-8-9-10-11-12-13-14-15-16-17-18(19)20/h27H,7-26H2,1-6H3;2-17H2,1H3,(H,19,20). The molecule has 1 heterocycles. The highest BCUT2D eigenvalue weighted by Crippen LogP contribution is 2.40. The molecule has 0 aromatic carbocycles. The average molecular weight is 750 g/mol. The lowest BCUT2D eigenvalue weighted by Crippen LogP contribution is -2.61. The third kappa shape index (κ3) is 32.8. The maximum absolute atomic E-state index is 12.2. The van der Waals surface area contributed by atoms with Gasteiger partial charge in [-0.15, -0.1) is 0 Å². The van der Waals surface area contributed by atoms with Gasteiger partial charge in [0.2, 0.25) is 0 Å². The van der Waals surface area contributed by atoms with Gasteiger partial charge in [0.05, 0.1) is 0 Å². The van der Waals surface area contributed by atoms with Crippen LogP contribution in [0, 0.1) is 5.92 Å². The van der Waals surface area contributed by atoms with Crippen molar-refractivity contribution in [1.82, 2.24) is 4.90 Å². The smallest absolute Gasteiger partial charge is 0.305 e. The number of aliphatic carboxylic acids is 1. The zero-order valence-electron chi connectivity index (χ0n) is 37.2. The minimum atomic E-state index is -0.653. The molecule has 0 saturated carbocycles. The van der Waals surface area contributed by atoms with E-state index in [1.165, 1.54) is 180 Å². The Kier molecular flexibility index (Phi) is 34.6. The van der Waals surface area contributed by atoms with Gasteiger partial charge in [0.1, 0.15) is 6.61 Å². The van der Waals surface area contributed by atoms with Gasteiger partial charge in [-0.25, -0.2) is 0 Å². The Bertz CT molecular complexity index is 806. The molecule has 5 nitrogen and oxygen atoms in total. The lowest BCUT2D eigenvalue weighted by Gasteiger charge is -2.55. The molecule has 1 fully saturated rings. The third-order valence-electron chi connectivity index (χ3n) is 11.7. The molecule has 0 unspecified atom stereocenters. The highest BCUT2D eigenvalue weighted by Gasteiger charge is 2.43. The highest BCUT2D eigenvalue weighted by atomic mass is 16.5. The maximum atomic E-state index is 12.2. The van der Waals surface area contributed by atoms with Crippen LogP contribution in [-0.2, 0) is 14.3 Å². The summed E-state index contributed by atoms with van der Waals surface area (Å²) < 4.78 is 5.60. The van der Waals surface area contributed by atoms with Crippen molar-refractivity contribution in [1.29, 1.82) is 0 Å². The molecule has 1 aliphatic heterocycles. The van der Waals surface area contributed by atoms with Crippen molar-refractivity contribution in [2.24, 2.45) is 5.92 Å². The second kappa shape index (κ2) is 35.3. The molecule has 0 aliphatic carbocycles. The number of likely N-dealkylation sites (tertiary alicyclic amines) is 1. The van der Waals surface area contributed by atoms with E-state index >= 15 is 0 Å². The number of carbonyl (C=O) groups excluding carboxylic acids is 1. The first-order valence-corrected chi connectivity index (χ1v) is 23.6. The number of nitrogens with zero attached hydrogens (tertiary/aromatic N) is 1. The van der Waals surface area contributed by atoms with E-state index in [2.05, 4.69) is 53.4 Å². The van der Waals surface area contributed by atoms with E-state index in [9.17, 15) is 9.59 Å². The van der Waals surface area contributed by atoms with Crippen LogP contribution in [0.3, 0.4) is 0 Å². The van der Waals surface area contributed by atoms with Gasteiger partial charge in [-0.1, -0.05) is 201 Å². The molecule has 0 radical (unpaired) electrons. The summed E-state index contributed by atoms with van der Waals surface area (Å²) in [5, 5.41) is 8.52. The van der Waals surface area contributed by atoms with Crippen molar-refractivity contribution in [2.75, 3.05) is 13.2 Å². The lowest BCUT2D eigenvalue weighted by molar-refractivity contribution is -0.146. The van der Waals surface area contributed by atoms with Gasteiger partial charge in [-0.05, 0) is 59.3 Å². The van der Waals surface area contributed by atoms with E-state index in [1.807, 2.05) is 0 Å². The summed E-state index contributed by atoms with van der Waals surface area (Å²) in [6.07, 6.45) is 43.5. The zero-order chi connectivity index (χ0) is 39.5. The summed E-state index contributed by atoms with van der Waals surface area (Å²) in [6, 6.07) is 0. The molecule has 5 heteroatoms. The first-order chi connectivity index (χ1) is 25.5. The Morgan fingerprint density at radius 1 is 0.509 bits per heavy atom. The predicted molar refractivity (Wildman–Crippen MR) is 231 cm³/mol. The zero-order valence-corrected chi connectivity index (χ0v) is 37.2. The molecule has 1 aliphatic rings. The van der Waals surface area contributed by atoms with Gasteiger partial charge in [0, 0.05) is 30.5 Å². The Balaban J connectivity index is 0.00000116. The number of rotatable bonds is 35. The van der Waals surface area contributed by atoms with Gasteiger partial charge in [-0.2, -0.15) is 0 Å². The molecule has 0 spiro atoms. The second-order valence-electron chi connectivity index (χ2n) is 18.3. The highest BCUT2D eigenvalue weighted by molar-refractivity contribution is 5.69. The van der Waals surface area contributed by atoms with E-state index in [1.54, 1.807) is 0 Å². The van der Waals surface area contributed by atoms with Gasteiger partial charge < -0.3 is 9.84 Å². The monoisotopic (exact) mass is 750 g/mol. The quantitative estimate of drug-likeness (QED) is 0.0516. The van der Waals surface area contributed by atoms with E-state index in [0.29, 0.717) is 19.4 Å². The van der Waals surface area contributed by atoms with Crippen molar-refractivity contribution in [2.45, 2.75) is 278 Å².